The van der Waals surface area contributed by atoms with Gasteiger partial charge in [0, 0.05) is 68.8 Å². The van der Waals surface area contributed by atoms with Gasteiger partial charge in [-0.2, -0.15) is 0 Å². The summed E-state index contributed by atoms with van der Waals surface area (Å²) in [5.74, 6) is 13.4. The molecule has 0 radical (unpaired) electrons. The van der Waals surface area contributed by atoms with Crippen molar-refractivity contribution in [3.8, 4) is 23.7 Å². The molecular formula is C38H46Br2N2. The highest BCUT2D eigenvalue weighted by molar-refractivity contribution is 9.11. The topological polar surface area (TPSA) is 6.48 Å². The first kappa shape index (κ1) is 33.8. The molecule has 3 aromatic carbocycles. The second kappa shape index (κ2) is 18.8. The van der Waals surface area contributed by atoms with Gasteiger partial charge in [0.2, 0.25) is 0 Å². The van der Waals surface area contributed by atoms with Crippen molar-refractivity contribution < 1.29 is 0 Å². The fourth-order valence-electron chi connectivity index (χ4n) is 4.67. The third-order valence-corrected chi connectivity index (χ3v) is 8.64. The summed E-state index contributed by atoms with van der Waals surface area (Å²) in [5.41, 5.74) is 6.45. The first-order valence-electron chi connectivity index (χ1n) is 15.7. The summed E-state index contributed by atoms with van der Waals surface area (Å²) in [6.07, 6.45) is 9.72. The maximum atomic E-state index is 3.69. The van der Waals surface area contributed by atoms with Crippen LogP contribution in [0.25, 0.3) is 0 Å². The highest BCUT2D eigenvalue weighted by atomic mass is 79.9. The molecule has 0 aromatic heterocycles. The van der Waals surface area contributed by atoms with E-state index in [9.17, 15) is 0 Å². The Hall–Kier alpha value is -2.66. The molecule has 0 heterocycles. The van der Waals surface area contributed by atoms with Crippen molar-refractivity contribution in [3.63, 3.8) is 0 Å². The average Bonchev–Trinajstić information content (AvgIpc) is 3.01. The highest BCUT2D eigenvalue weighted by Crippen LogP contribution is 2.26. The predicted octanol–water partition coefficient (Wildman–Crippen LogP) is 10.8. The van der Waals surface area contributed by atoms with E-state index in [2.05, 4.69) is 148 Å². The molecule has 0 bridgehead atoms. The van der Waals surface area contributed by atoms with Gasteiger partial charge in [0.15, 0.2) is 0 Å². The molecule has 4 heteroatoms. The van der Waals surface area contributed by atoms with Crippen molar-refractivity contribution >= 4 is 43.2 Å². The molecule has 0 aliphatic rings. The molecule has 3 rings (SSSR count). The van der Waals surface area contributed by atoms with Crippen LogP contribution in [0.3, 0.4) is 0 Å². The third-order valence-electron chi connectivity index (χ3n) is 7.33. The van der Waals surface area contributed by atoms with Crippen LogP contribution < -0.4 is 9.80 Å². The Morgan fingerprint density at radius 3 is 1.12 bits per heavy atom. The van der Waals surface area contributed by atoms with E-state index >= 15 is 0 Å². The number of halogens is 2. The van der Waals surface area contributed by atoms with Gasteiger partial charge in [0.05, 0.1) is 0 Å². The number of nitrogens with zero attached hydrogens (tertiary/aromatic N) is 2. The van der Waals surface area contributed by atoms with Gasteiger partial charge in [0.25, 0.3) is 0 Å². The first-order chi connectivity index (χ1) is 20.5. The van der Waals surface area contributed by atoms with Gasteiger partial charge in [-0.1, -0.05) is 77.1 Å². The molecule has 42 heavy (non-hydrogen) atoms. The van der Waals surface area contributed by atoms with E-state index < -0.39 is 0 Å². The van der Waals surface area contributed by atoms with Crippen LogP contribution in [0.5, 0.6) is 0 Å². The van der Waals surface area contributed by atoms with Crippen LogP contribution in [0.1, 0.15) is 101 Å². The van der Waals surface area contributed by atoms with Gasteiger partial charge in [0.1, 0.15) is 0 Å². The lowest BCUT2D eigenvalue weighted by Crippen LogP contribution is -2.25. The Kier molecular flexibility index (Phi) is 15.1. The van der Waals surface area contributed by atoms with E-state index in [0.29, 0.717) is 0 Å². The zero-order valence-corrected chi connectivity index (χ0v) is 29.1. The first-order valence-corrected chi connectivity index (χ1v) is 17.3. The molecule has 0 aliphatic carbocycles. The summed E-state index contributed by atoms with van der Waals surface area (Å²) in [7, 11) is 0. The van der Waals surface area contributed by atoms with Crippen molar-refractivity contribution in [1.82, 2.24) is 0 Å². The summed E-state index contributed by atoms with van der Waals surface area (Å²) in [6.45, 7) is 13.4. The number of hydrogen-bond acceptors (Lipinski definition) is 2. The molecule has 0 amide bonds. The molecule has 0 saturated carbocycles. The Labute approximate surface area is 272 Å². The number of rotatable bonds is 14. The molecule has 222 valence electrons. The van der Waals surface area contributed by atoms with Gasteiger partial charge in [-0.05, 0) is 118 Å². The van der Waals surface area contributed by atoms with Crippen molar-refractivity contribution in [2.45, 2.75) is 79.1 Å². The maximum absolute atomic E-state index is 3.69. The van der Waals surface area contributed by atoms with E-state index in [0.717, 1.165) is 57.4 Å². The summed E-state index contributed by atoms with van der Waals surface area (Å²) < 4.78 is 1.91. The minimum Gasteiger partial charge on any atom is -0.372 e. The molecule has 3 aromatic rings. The Balaban J connectivity index is 1.75. The molecular weight excluding hydrogens is 644 g/mol. The SMILES string of the molecule is CCCCN(CCCC)c1ccc(C#Cc2cc(C#Cc3ccc(N(CCCC)CCCC)cc3)c(Br)cc2Br)cc1. The quantitative estimate of drug-likeness (QED) is 0.155. The highest BCUT2D eigenvalue weighted by Gasteiger charge is 2.08. The van der Waals surface area contributed by atoms with Crippen LogP contribution in [0, 0.1) is 23.7 Å². The lowest BCUT2D eigenvalue weighted by Gasteiger charge is -2.24. The number of hydrogen-bond donors (Lipinski definition) is 0. The van der Waals surface area contributed by atoms with Gasteiger partial charge in [-0.25, -0.2) is 0 Å². The molecule has 0 atom stereocenters. The van der Waals surface area contributed by atoms with Crippen LogP contribution in [-0.4, -0.2) is 26.2 Å². The fourth-order valence-corrected chi connectivity index (χ4v) is 5.86. The maximum Gasteiger partial charge on any atom is 0.0404 e. The minimum atomic E-state index is 0.928. The zero-order chi connectivity index (χ0) is 30.2. The summed E-state index contributed by atoms with van der Waals surface area (Å²) >= 11 is 7.39. The average molecular weight is 691 g/mol. The molecule has 0 N–H and O–H groups in total. The zero-order valence-electron chi connectivity index (χ0n) is 25.9. The van der Waals surface area contributed by atoms with Crippen molar-refractivity contribution in [2.75, 3.05) is 36.0 Å². The van der Waals surface area contributed by atoms with Crippen LogP contribution in [0.2, 0.25) is 0 Å². The number of unbranched alkanes of at least 4 members (excludes halogenated alkanes) is 4. The Morgan fingerprint density at radius 1 is 0.476 bits per heavy atom. The molecule has 0 saturated heterocycles. The van der Waals surface area contributed by atoms with E-state index in [1.54, 1.807) is 0 Å². The standard InChI is InChI=1S/C38H46Br2N2/c1-5-9-25-41(26-10-6-2)35-21-15-31(16-22-35)13-19-33-29-34(38(40)30-37(33)39)20-14-32-17-23-36(24-18-32)42(27-11-7-3)28-12-8-4/h15-18,21-24,29-30H,5-12,25-28H2,1-4H3. The molecule has 2 nitrogen and oxygen atoms in total. The Bertz CT molecular complexity index is 1240. The Morgan fingerprint density at radius 2 is 0.810 bits per heavy atom. The third kappa shape index (κ3) is 10.9. The van der Waals surface area contributed by atoms with Crippen molar-refractivity contribution in [2.24, 2.45) is 0 Å². The van der Waals surface area contributed by atoms with Gasteiger partial charge in [-0.15, -0.1) is 0 Å². The monoisotopic (exact) mass is 688 g/mol. The van der Waals surface area contributed by atoms with E-state index in [1.807, 2.05) is 6.07 Å². The molecule has 0 unspecified atom stereocenters. The molecule has 0 fully saturated rings. The molecule has 0 aliphatic heterocycles. The van der Waals surface area contributed by atoms with Crippen LogP contribution >= 0.6 is 31.9 Å². The number of benzene rings is 3. The van der Waals surface area contributed by atoms with Crippen molar-refractivity contribution in [3.05, 3.63) is 91.9 Å². The predicted molar refractivity (Wildman–Crippen MR) is 191 cm³/mol. The normalized spacial score (nSPS) is 10.4. The summed E-state index contributed by atoms with van der Waals surface area (Å²) in [4.78, 5) is 5.01. The van der Waals surface area contributed by atoms with E-state index in [4.69, 9.17) is 0 Å². The van der Waals surface area contributed by atoms with E-state index in [-0.39, 0.29) is 0 Å². The van der Waals surface area contributed by atoms with Crippen molar-refractivity contribution in [1.29, 1.82) is 0 Å². The lowest BCUT2D eigenvalue weighted by molar-refractivity contribution is 0.678. The van der Waals surface area contributed by atoms with Crippen LogP contribution in [0.4, 0.5) is 11.4 Å². The second-order valence-corrected chi connectivity index (χ2v) is 12.5. The summed E-state index contributed by atoms with van der Waals surface area (Å²) in [6, 6.07) is 21.5. The van der Waals surface area contributed by atoms with Gasteiger partial charge < -0.3 is 9.80 Å². The lowest BCUT2D eigenvalue weighted by atomic mass is 10.1. The van der Waals surface area contributed by atoms with Crippen LogP contribution in [0.15, 0.2) is 69.6 Å². The second-order valence-electron chi connectivity index (χ2n) is 10.8. The minimum absolute atomic E-state index is 0.928. The largest absolute Gasteiger partial charge is 0.372 e. The van der Waals surface area contributed by atoms with Gasteiger partial charge in [-0.3, -0.25) is 0 Å². The van der Waals surface area contributed by atoms with Crippen LogP contribution in [-0.2, 0) is 0 Å². The molecule has 0 spiro atoms. The fraction of sp³-hybridized carbons (Fsp3) is 0.421. The van der Waals surface area contributed by atoms with Gasteiger partial charge >= 0.3 is 0 Å². The smallest absolute Gasteiger partial charge is 0.0404 e. The summed E-state index contributed by atoms with van der Waals surface area (Å²) in [5, 5.41) is 0. The van der Waals surface area contributed by atoms with E-state index in [1.165, 1.54) is 62.7 Å². The number of anilines is 2.